The minimum atomic E-state index is -0.531. The topological polar surface area (TPSA) is 82.0 Å². The molecule has 5 heteroatoms. The van der Waals surface area contributed by atoms with E-state index in [4.69, 9.17) is 11.5 Å². The fraction of sp³-hybridized carbons (Fsp3) is 0.111. The molecule has 0 aliphatic rings. The van der Waals surface area contributed by atoms with Crippen LogP contribution < -0.4 is 11.5 Å². The Balaban J connectivity index is 1.95. The molecule has 0 aliphatic carbocycles. The zero-order valence-corrected chi connectivity index (χ0v) is 13.5. The number of thiazole rings is 1. The zero-order valence-electron chi connectivity index (χ0n) is 12.7. The number of ketones is 1. The molecule has 2 aromatic carbocycles. The van der Waals surface area contributed by atoms with Gasteiger partial charge in [-0.1, -0.05) is 24.3 Å². The van der Waals surface area contributed by atoms with Gasteiger partial charge in [0.2, 0.25) is 0 Å². The standard InChI is InChI=1S/C18H17N3OS/c1-11(19)18(22)14-3-2-4-15-17(14)21-16(23-15)10-7-12-5-8-13(20)9-6-12/h2-11H,19-20H2,1H3. The molecule has 0 bridgehead atoms. The second-order valence-corrected chi connectivity index (χ2v) is 6.42. The van der Waals surface area contributed by atoms with Crippen molar-refractivity contribution in [1.29, 1.82) is 0 Å². The Kier molecular flexibility index (Phi) is 4.23. The number of fused-ring (bicyclic) bond motifs is 1. The maximum absolute atomic E-state index is 12.2. The van der Waals surface area contributed by atoms with Crippen LogP contribution in [-0.4, -0.2) is 16.8 Å². The largest absolute Gasteiger partial charge is 0.399 e. The van der Waals surface area contributed by atoms with Crippen molar-refractivity contribution in [3.05, 3.63) is 58.6 Å². The number of benzene rings is 2. The number of nitrogens with zero attached hydrogens (tertiary/aromatic N) is 1. The fourth-order valence-corrected chi connectivity index (χ4v) is 3.15. The van der Waals surface area contributed by atoms with Crippen LogP contribution in [0, 0.1) is 0 Å². The minimum Gasteiger partial charge on any atom is -0.399 e. The molecular weight excluding hydrogens is 306 g/mol. The maximum Gasteiger partial charge on any atom is 0.181 e. The number of hydrogen-bond donors (Lipinski definition) is 2. The van der Waals surface area contributed by atoms with E-state index in [1.807, 2.05) is 48.6 Å². The van der Waals surface area contributed by atoms with Gasteiger partial charge in [-0.15, -0.1) is 11.3 Å². The monoisotopic (exact) mass is 323 g/mol. The molecule has 0 aliphatic heterocycles. The summed E-state index contributed by atoms with van der Waals surface area (Å²) in [5.74, 6) is -0.0880. The summed E-state index contributed by atoms with van der Waals surface area (Å²) >= 11 is 1.55. The number of Topliss-reactive ketones (excluding diaryl/α,β-unsaturated/α-hetero) is 1. The summed E-state index contributed by atoms with van der Waals surface area (Å²) in [5.41, 5.74) is 14.5. The van der Waals surface area contributed by atoms with Crippen LogP contribution >= 0.6 is 11.3 Å². The predicted molar refractivity (Wildman–Crippen MR) is 97.4 cm³/mol. The van der Waals surface area contributed by atoms with Crippen molar-refractivity contribution in [2.24, 2.45) is 5.73 Å². The third-order valence-electron chi connectivity index (χ3n) is 3.47. The highest BCUT2D eigenvalue weighted by Crippen LogP contribution is 2.27. The van der Waals surface area contributed by atoms with Gasteiger partial charge in [0.25, 0.3) is 0 Å². The number of carbonyl (C=O) groups is 1. The van der Waals surface area contributed by atoms with Crippen LogP contribution in [0.25, 0.3) is 22.4 Å². The van der Waals surface area contributed by atoms with Crippen molar-refractivity contribution in [1.82, 2.24) is 4.98 Å². The Morgan fingerprint density at radius 3 is 2.61 bits per heavy atom. The number of rotatable bonds is 4. The van der Waals surface area contributed by atoms with Crippen molar-refractivity contribution in [3.63, 3.8) is 0 Å². The number of nitrogens with two attached hydrogens (primary N) is 2. The molecule has 116 valence electrons. The number of para-hydroxylation sites is 1. The van der Waals surface area contributed by atoms with Gasteiger partial charge in [-0.2, -0.15) is 0 Å². The van der Waals surface area contributed by atoms with Crippen LogP contribution in [0.15, 0.2) is 42.5 Å². The summed E-state index contributed by atoms with van der Waals surface area (Å²) in [6.45, 7) is 1.69. The van der Waals surface area contributed by atoms with E-state index in [9.17, 15) is 4.79 Å². The molecular formula is C18H17N3OS. The van der Waals surface area contributed by atoms with Crippen LogP contribution in [0.3, 0.4) is 0 Å². The van der Waals surface area contributed by atoms with Crippen LogP contribution in [-0.2, 0) is 0 Å². The normalized spacial score (nSPS) is 12.8. The third kappa shape index (κ3) is 3.31. The Hall–Kier alpha value is -2.50. The van der Waals surface area contributed by atoms with Crippen molar-refractivity contribution in [2.75, 3.05) is 5.73 Å². The SMILES string of the molecule is CC(N)C(=O)c1cccc2sc(C=Cc3ccc(N)cc3)nc12. The smallest absolute Gasteiger partial charge is 0.181 e. The molecule has 4 nitrogen and oxygen atoms in total. The zero-order chi connectivity index (χ0) is 16.4. The fourth-order valence-electron chi connectivity index (χ4n) is 2.26. The van der Waals surface area contributed by atoms with Crippen molar-refractivity contribution < 1.29 is 4.79 Å². The second kappa shape index (κ2) is 6.32. The molecule has 0 spiro atoms. The lowest BCUT2D eigenvalue weighted by Crippen LogP contribution is -2.26. The molecule has 0 radical (unpaired) electrons. The third-order valence-corrected chi connectivity index (χ3v) is 4.46. The molecule has 1 heterocycles. The Morgan fingerprint density at radius 1 is 1.17 bits per heavy atom. The van der Waals surface area contributed by atoms with Gasteiger partial charge in [-0.05, 0) is 42.8 Å². The van der Waals surface area contributed by atoms with Gasteiger partial charge in [-0.25, -0.2) is 4.98 Å². The minimum absolute atomic E-state index is 0.0880. The Bertz CT molecular complexity index is 879. The summed E-state index contributed by atoms with van der Waals surface area (Å²) in [6, 6.07) is 12.7. The Morgan fingerprint density at radius 2 is 1.91 bits per heavy atom. The summed E-state index contributed by atoms with van der Waals surface area (Å²) in [5, 5.41) is 0.849. The molecule has 3 rings (SSSR count). The van der Waals surface area contributed by atoms with E-state index < -0.39 is 6.04 Å². The maximum atomic E-state index is 12.2. The van der Waals surface area contributed by atoms with E-state index >= 15 is 0 Å². The van der Waals surface area contributed by atoms with E-state index in [2.05, 4.69) is 4.98 Å². The van der Waals surface area contributed by atoms with E-state index in [-0.39, 0.29) is 5.78 Å². The van der Waals surface area contributed by atoms with Crippen molar-refractivity contribution >= 4 is 45.2 Å². The summed E-state index contributed by atoms with van der Waals surface area (Å²) in [7, 11) is 0. The lowest BCUT2D eigenvalue weighted by atomic mass is 10.1. The van der Waals surface area contributed by atoms with Gasteiger partial charge in [0.05, 0.1) is 16.3 Å². The summed E-state index contributed by atoms with van der Waals surface area (Å²) in [6.07, 6.45) is 3.92. The van der Waals surface area contributed by atoms with Crippen LogP contribution in [0.5, 0.6) is 0 Å². The molecule has 0 amide bonds. The average molecular weight is 323 g/mol. The first kappa shape index (κ1) is 15.4. The molecule has 1 unspecified atom stereocenters. The molecule has 0 fully saturated rings. The molecule has 1 aromatic heterocycles. The molecule has 0 saturated heterocycles. The van der Waals surface area contributed by atoms with E-state index in [1.54, 1.807) is 24.3 Å². The van der Waals surface area contributed by atoms with E-state index in [0.29, 0.717) is 5.56 Å². The molecule has 23 heavy (non-hydrogen) atoms. The van der Waals surface area contributed by atoms with Crippen LogP contribution in [0.4, 0.5) is 5.69 Å². The molecule has 3 aromatic rings. The number of nitrogen functional groups attached to an aromatic ring is 1. The van der Waals surface area contributed by atoms with Gasteiger partial charge in [-0.3, -0.25) is 4.79 Å². The summed E-state index contributed by atoms with van der Waals surface area (Å²) < 4.78 is 0.980. The summed E-state index contributed by atoms with van der Waals surface area (Å²) in [4.78, 5) is 16.8. The highest BCUT2D eigenvalue weighted by molar-refractivity contribution is 7.19. The van der Waals surface area contributed by atoms with Gasteiger partial charge < -0.3 is 11.5 Å². The highest BCUT2D eigenvalue weighted by Gasteiger charge is 2.16. The molecule has 0 saturated carbocycles. The predicted octanol–water partition coefficient (Wildman–Crippen LogP) is 3.58. The molecule has 1 atom stereocenters. The second-order valence-electron chi connectivity index (χ2n) is 5.36. The Labute approximate surface area is 138 Å². The van der Waals surface area contributed by atoms with Gasteiger partial charge in [0.1, 0.15) is 5.01 Å². The first-order valence-corrected chi connectivity index (χ1v) is 8.09. The lowest BCUT2D eigenvalue weighted by Gasteiger charge is -2.04. The number of aromatic nitrogens is 1. The quantitative estimate of drug-likeness (QED) is 0.568. The first-order chi connectivity index (χ1) is 11.0. The lowest BCUT2D eigenvalue weighted by molar-refractivity contribution is 0.0969. The van der Waals surface area contributed by atoms with Crippen LogP contribution in [0.2, 0.25) is 0 Å². The van der Waals surface area contributed by atoms with Gasteiger partial charge in [0.15, 0.2) is 5.78 Å². The number of hydrogen-bond acceptors (Lipinski definition) is 5. The van der Waals surface area contributed by atoms with Crippen LogP contribution in [0.1, 0.15) is 27.9 Å². The van der Waals surface area contributed by atoms with Gasteiger partial charge in [0, 0.05) is 11.3 Å². The highest BCUT2D eigenvalue weighted by atomic mass is 32.1. The van der Waals surface area contributed by atoms with E-state index in [1.165, 1.54) is 0 Å². The van der Waals surface area contributed by atoms with E-state index in [0.717, 1.165) is 26.5 Å². The molecule has 4 N–H and O–H groups in total. The van der Waals surface area contributed by atoms with Crippen molar-refractivity contribution in [2.45, 2.75) is 13.0 Å². The number of carbonyl (C=O) groups excluding carboxylic acids is 1. The van der Waals surface area contributed by atoms with Gasteiger partial charge >= 0.3 is 0 Å². The number of anilines is 1. The average Bonchev–Trinajstić information content (AvgIpc) is 2.96. The van der Waals surface area contributed by atoms with Crippen molar-refractivity contribution in [3.8, 4) is 0 Å². The first-order valence-electron chi connectivity index (χ1n) is 7.27.